The van der Waals surface area contributed by atoms with Crippen molar-refractivity contribution < 1.29 is 4.79 Å². The van der Waals surface area contributed by atoms with Gasteiger partial charge in [-0.2, -0.15) is 0 Å². The van der Waals surface area contributed by atoms with Gasteiger partial charge in [-0.15, -0.1) is 11.3 Å². The summed E-state index contributed by atoms with van der Waals surface area (Å²) in [6.45, 7) is 11.5. The number of hydrogen-bond acceptors (Lipinski definition) is 7. The molecule has 4 heterocycles. The van der Waals surface area contributed by atoms with Crippen molar-refractivity contribution in [2.75, 3.05) is 57.7 Å². The summed E-state index contributed by atoms with van der Waals surface area (Å²) in [5.74, 6) is 0.410. The Morgan fingerprint density at radius 3 is 2.64 bits per heavy atom. The molecule has 0 unspecified atom stereocenters. The Labute approximate surface area is 214 Å². The lowest BCUT2D eigenvalue weighted by Gasteiger charge is -2.18. The summed E-state index contributed by atoms with van der Waals surface area (Å²) in [7, 11) is 0. The monoisotopic (exact) mass is 506 g/mol. The molecular weight excluding hydrogens is 472 g/mol. The third-order valence-corrected chi connectivity index (χ3v) is 8.20. The number of aromatic nitrogens is 2. The van der Waals surface area contributed by atoms with Gasteiger partial charge in [-0.25, -0.2) is 4.98 Å². The van der Waals surface area contributed by atoms with Crippen LogP contribution in [0.5, 0.6) is 0 Å². The number of likely N-dealkylation sites (N-methyl/N-ethyl adjacent to an activating group) is 1. The first kappa shape index (κ1) is 24.7. The minimum absolute atomic E-state index is 0.203. The van der Waals surface area contributed by atoms with E-state index >= 15 is 0 Å². The predicted molar refractivity (Wildman–Crippen MR) is 149 cm³/mol. The number of thiazole rings is 1. The van der Waals surface area contributed by atoms with E-state index in [1.165, 1.54) is 24.2 Å². The Morgan fingerprint density at radius 1 is 1.08 bits per heavy atom. The van der Waals surface area contributed by atoms with Crippen LogP contribution in [0.4, 0.5) is 5.82 Å². The molecule has 1 amide bonds. The van der Waals surface area contributed by atoms with Crippen LogP contribution in [0.15, 0.2) is 41.2 Å². The number of anilines is 1. The SMILES string of the molecule is CCN(CC)CCNc1ccc2c(=O)c(C(=O)NCCN3CCCC3)c3sc4ccccc4n3c2n1. The van der Waals surface area contributed by atoms with Crippen LogP contribution in [0.2, 0.25) is 0 Å². The number of benzene rings is 1. The van der Waals surface area contributed by atoms with Crippen LogP contribution in [0.3, 0.4) is 0 Å². The fourth-order valence-electron chi connectivity index (χ4n) is 4.99. The highest BCUT2D eigenvalue weighted by atomic mass is 32.1. The zero-order valence-corrected chi connectivity index (χ0v) is 21.9. The van der Waals surface area contributed by atoms with Gasteiger partial charge in [0.2, 0.25) is 5.43 Å². The Morgan fingerprint density at radius 2 is 1.86 bits per heavy atom. The third-order valence-electron chi connectivity index (χ3n) is 7.06. The van der Waals surface area contributed by atoms with Gasteiger partial charge < -0.3 is 20.4 Å². The van der Waals surface area contributed by atoms with Crippen LogP contribution in [-0.4, -0.2) is 77.4 Å². The number of carbonyl (C=O) groups is 1. The molecule has 0 saturated carbocycles. The molecule has 36 heavy (non-hydrogen) atoms. The fraction of sp³-hybridized carbons (Fsp3) is 0.444. The Bertz CT molecular complexity index is 1440. The van der Waals surface area contributed by atoms with Crippen molar-refractivity contribution in [2.45, 2.75) is 26.7 Å². The molecule has 4 aromatic rings. The Kier molecular flexibility index (Phi) is 7.50. The van der Waals surface area contributed by atoms with Crippen LogP contribution in [0.25, 0.3) is 26.1 Å². The quantitative estimate of drug-likeness (QED) is 0.342. The zero-order chi connectivity index (χ0) is 25.1. The minimum atomic E-state index is -0.313. The van der Waals surface area contributed by atoms with Gasteiger partial charge in [0, 0.05) is 26.2 Å². The van der Waals surface area contributed by atoms with Gasteiger partial charge in [-0.1, -0.05) is 26.0 Å². The van der Waals surface area contributed by atoms with Crippen molar-refractivity contribution in [1.29, 1.82) is 0 Å². The number of hydrogen-bond donors (Lipinski definition) is 2. The first-order valence-electron chi connectivity index (χ1n) is 12.9. The lowest BCUT2D eigenvalue weighted by Crippen LogP contribution is -2.35. The second kappa shape index (κ2) is 10.9. The van der Waals surface area contributed by atoms with Gasteiger partial charge in [-0.05, 0) is 63.3 Å². The molecule has 9 heteroatoms. The molecule has 0 aliphatic carbocycles. The predicted octanol–water partition coefficient (Wildman–Crippen LogP) is 3.64. The van der Waals surface area contributed by atoms with E-state index < -0.39 is 0 Å². The maximum atomic E-state index is 13.6. The third kappa shape index (κ3) is 4.83. The van der Waals surface area contributed by atoms with E-state index in [2.05, 4.69) is 34.3 Å². The molecule has 3 aromatic heterocycles. The fourth-order valence-corrected chi connectivity index (χ4v) is 6.17. The number of nitrogens with zero attached hydrogens (tertiary/aromatic N) is 4. The van der Waals surface area contributed by atoms with Crippen molar-refractivity contribution >= 4 is 49.1 Å². The number of pyridine rings is 2. The molecule has 0 bridgehead atoms. The minimum Gasteiger partial charge on any atom is -0.369 e. The van der Waals surface area contributed by atoms with Gasteiger partial charge in [0.1, 0.15) is 16.2 Å². The van der Waals surface area contributed by atoms with E-state index in [9.17, 15) is 9.59 Å². The molecule has 0 radical (unpaired) electrons. The van der Waals surface area contributed by atoms with E-state index in [-0.39, 0.29) is 16.9 Å². The first-order valence-corrected chi connectivity index (χ1v) is 13.8. The van der Waals surface area contributed by atoms with E-state index in [1.807, 2.05) is 34.7 Å². The molecular formula is C27H34N6O2S. The topological polar surface area (TPSA) is 82.0 Å². The van der Waals surface area contributed by atoms with Crippen molar-refractivity contribution in [1.82, 2.24) is 24.5 Å². The summed E-state index contributed by atoms with van der Waals surface area (Å²) in [6, 6.07) is 11.6. The molecule has 190 valence electrons. The number of likely N-dealkylation sites (tertiary alicyclic amines) is 1. The normalized spacial score (nSPS) is 14.4. The van der Waals surface area contributed by atoms with Crippen LogP contribution in [-0.2, 0) is 0 Å². The van der Waals surface area contributed by atoms with Gasteiger partial charge >= 0.3 is 0 Å². The number of nitrogens with one attached hydrogen (secondary N) is 2. The summed E-state index contributed by atoms with van der Waals surface area (Å²) in [5, 5.41) is 6.86. The van der Waals surface area contributed by atoms with Crippen LogP contribution >= 0.6 is 11.3 Å². The standard InChI is InChI=1S/C27H34N6O2S/c1-3-31(4-2)17-13-28-22-12-11-19-24(34)23(26(35)29-14-18-32-15-7-8-16-32)27-33(25(19)30-22)20-9-5-6-10-21(20)36-27/h5-6,9-12H,3-4,7-8,13-18H2,1-2H3,(H,28,30)(H,29,35). The van der Waals surface area contributed by atoms with Crippen molar-refractivity contribution in [3.05, 3.63) is 52.2 Å². The highest BCUT2D eigenvalue weighted by Gasteiger charge is 2.23. The molecule has 1 fully saturated rings. The molecule has 1 saturated heterocycles. The molecule has 8 nitrogen and oxygen atoms in total. The van der Waals surface area contributed by atoms with E-state index in [1.54, 1.807) is 6.07 Å². The van der Waals surface area contributed by atoms with Crippen molar-refractivity contribution in [2.24, 2.45) is 0 Å². The highest BCUT2D eigenvalue weighted by molar-refractivity contribution is 7.24. The van der Waals surface area contributed by atoms with Crippen molar-refractivity contribution in [3.63, 3.8) is 0 Å². The smallest absolute Gasteiger partial charge is 0.258 e. The van der Waals surface area contributed by atoms with Gasteiger partial charge in [0.05, 0.1) is 15.6 Å². The van der Waals surface area contributed by atoms with Gasteiger partial charge in [-0.3, -0.25) is 14.0 Å². The van der Waals surface area contributed by atoms with Crippen LogP contribution in [0, 0.1) is 0 Å². The second-order valence-corrected chi connectivity index (χ2v) is 10.3. The van der Waals surface area contributed by atoms with Crippen LogP contribution < -0.4 is 16.1 Å². The average Bonchev–Trinajstić information content (AvgIpc) is 3.54. The summed E-state index contributed by atoms with van der Waals surface area (Å²) in [6.07, 6.45) is 2.42. The largest absolute Gasteiger partial charge is 0.369 e. The molecule has 0 atom stereocenters. The molecule has 1 aliphatic rings. The molecule has 1 aromatic carbocycles. The number of para-hydroxylation sites is 1. The Balaban J connectivity index is 1.52. The van der Waals surface area contributed by atoms with Crippen molar-refractivity contribution in [3.8, 4) is 0 Å². The molecule has 1 aliphatic heterocycles. The number of fused-ring (bicyclic) bond motifs is 5. The van der Waals surface area contributed by atoms with E-state index in [0.717, 1.165) is 61.8 Å². The summed E-state index contributed by atoms with van der Waals surface area (Å²) >= 11 is 1.46. The number of amides is 1. The average molecular weight is 507 g/mol. The second-order valence-electron chi connectivity index (χ2n) is 9.24. The van der Waals surface area contributed by atoms with Crippen LogP contribution in [0.1, 0.15) is 37.0 Å². The van der Waals surface area contributed by atoms with Gasteiger partial charge in [0.15, 0.2) is 5.65 Å². The number of carbonyl (C=O) groups excluding carboxylic acids is 1. The van der Waals surface area contributed by atoms with Gasteiger partial charge in [0.25, 0.3) is 5.91 Å². The molecule has 0 spiro atoms. The molecule has 5 rings (SSSR count). The summed E-state index contributed by atoms with van der Waals surface area (Å²) in [4.78, 5) is 37.1. The maximum absolute atomic E-state index is 13.6. The maximum Gasteiger partial charge on any atom is 0.258 e. The Hall–Kier alpha value is -3.01. The number of rotatable bonds is 10. The summed E-state index contributed by atoms with van der Waals surface area (Å²) < 4.78 is 2.99. The van der Waals surface area contributed by atoms with E-state index in [4.69, 9.17) is 4.98 Å². The summed E-state index contributed by atoms with van der Waals surface area (Å²) in [5.41, 5.74) is 1.46. The van der Waals surface area contributed by atoms with E-state index in [0.29, 0.717) is 22.4 Å². The lowest BCUT2D eigenvalue weighted by molar-refractivity contribution is 0.0950. The first-order chi connectivity index (χ1) is 17.6. The molecule has 2 N–H and O–H groups in total. The zero-order valence-electron chi connectivity index (χ0n) is 21.0. The lowest BCUT2D eigenvalue weighted by atomic mass is 10.1. The highest BCUT2D eigenvalue weighted by Crippen LogP contribution is 2.31.